The third-order valence-corrected chi connectivity index (χ3v) is 7.17. The van der Waals surface area contributed by atoms with Gasteiger partial charge in [-0.1, -0.05) is 36.4 Å². The Kier molecular flexibility index (Phi) is 7.22. The lowest BCUT2D eigenvalue weighted by atomic mass is 9.85. The van der Waals surface area contributed by atoms with Gasteiger partial charge in [0, 0.05) is 23.7 Å². The first-order valence-corrected chi connectivity index (χ1v) is 12.8. The highest BCUT2D eigenvalue weighted by atomic mass is 19.4. The molecule has 1 heterocycles. The fourth-order valence-electron chi connectivity index (χ4n) is 5.21. The highest BCUT2D eigenvalue weighted by molar-refractivity contribution is 5.61. The molecular weight excluding hydrogens is 507 g/mol. The van der Waals surface area contributed by atoms with E-state index in [1.807, 2.05) is 50.2 Å². The summed E-state index contributed by atoms with van der Waals surface area (Å²) < 4.78 is 51.1. The second kappa shape index (κ2) is 10.5. The van der Waals surface area contributed by atoms with Gasteiger partial charge in [0.25, 0.3) is 0 Å². The molecule has 3 aromatic carbocycles. The van der Waals surface area contributed by atoms with Crippen molar-refractivity contribution in [3.8, 4) is 28.7 Å². The number of rotatable bonds is 7. The van der Waals surface area contributed by atoms with Crippen molar-refractivity contribution >= 4 is 0 Å². The monoisotopic (exact) mass is 537 g/mol. The van der Waals surface area contributed by atoms with Crippen LogP contribution in [0.4, 0.5) is 13.2 Å². The van der Waals surface area contributed by atoms with Crippen molar-refractivity contribution in [1.82, 2.24) is 15.1 Å². The number of fused-ring (bicyclic) bond motifs is 1. The summed E-state index contributed by atoms with van der Waals surface area (Å²) in [4.78, 5) is 2.13. The minimum Gasteiger partial charge on any atom is -0.496 e. The number of aryl methyl sites for hydroxylation is 1. The molecule has 0 saturated heterocycles. The number of aliphatic hydroxyl groups is 1. The average Bonchev–Trinajstić information content (AvgIpc) is 3.41. The molecule has 0 saturated carbocycles. The summed E-state index contributed by atoms with van der Waals surface area (Å²) in [6.07, 6.45) is -2.08. The smallest absolute Gasteiger partial charge is 0.419 e. The van der Waals surface area contributed by atoms with Crippen LogP contribution in [-0.2, 0) is 25.6 Å². The van der Waals surface area contributed by atoms with Crippen LogP contribution < -0.4 is 4.74 Å². The van der Waals surface area contributed by atoms with Crippen molar-refractivity contribution in [3.05, 3.63) is 89.0 Å². The molecule has 6 nitrogen and oxygen atoms in total. The zero-order valence-electron chi connectivity index (χ0n) is 22.0. The van der Waals surface area contributed by atoms with E-state index in [0.717, 1.165) is 36.5 Å². The van der Waals surface area contributed by atoms with Crippen LogP contribution in [0, 0.1) is 0 Å². The van der Waals surface area contributed by atoms with Gasteiger partial charge >= 0.3 is 6.18 Å². The Bertz CT molecular complexity index is 1450. The number of ether oxygens (including phenoxy) is 1. The molecule has 39 heavy (non-hydrogen) atoms. The van der Waals surface area contributed by atoms with E-state index in [0.29, 0.717) is 12.1 Å². The normalized spacial score (nSPS) is 15.8. The SMILES string of the molecule is COc1ccc(-c2nnc(-c3ccc4c(c3)C[C@@H](N(Cc3ccccc3)C(C)(C)O)CC4)o2)cc1C(F)(F)F. The van der Waals surface area contributed by atoms with Crippen molar-refractivity contribution in [1.29, 1.82) is 0 Å². The molecule has 0 unspecified atom stereocenters. The Balaban J connectivity index is 1.40. The van der Waals surface area contributed by atoms with Gasteiger partial charge in [-0.25, -0.2) is 0 Å². The molecule has 0 fully saturated rings. The Labute approximate surface area is 225 Å². The summed E-state index contributed by atoms with van der Waals surface area (Å²) in [5.74, 6) is -0.0599. The summed E-state index contributed by atoms with van der Waals surface area (Å²) in [7, 11) is 1.19. The van der Waals surface area contributed by atoms with Crippen LogP contribution in [0.3, 0.4) is 0 Å². The van der Waals surface area contributed by atoms with Crippen LogP contribution >= 0.6 is 0 Å². The Morgan fingerprint density at radius 2 is 1.62 bits per heavy atom. The highest BCUT2D eigenvalue weighted by Crippen LogP contribution is 2.39. The summed E-state index contributed by atoms with van der Waals surface area (Å²) in [5, 5.41) is 19.1. The van der Waals surface area contributed by atoms with Gasteiger partial charge in [0.2, 0.25) is 11.8 Å². The van der Waals surface area contributed by atoms with Crippen LogP contribution in [-0.4, -0.2) is 39.1 Å². The molecule has 1 N–H and O–H groups in total. The van der Waals surface area contributed by atoms with Gasteiger partial charge in [0.15, 0.2) is 0 Å². The molecule has 5 rings (SSSR count). The molecule has 0 bridgehead atoms. The molecule has 1 aromatic heterocycles. The third-order valence-electron chi connectivity index (χ3n) is 7.17. The lowest BCUT2D eigenvalue weighted by Gasteiger charge is -2.42. The number of aromatic nitrogens is 2. The predicted molar refractivity (Wildman–Crippen MR) is 141 cm³/mol. The van der Waals surface area contributed by atoms with Crippen LogP contribution in [0.5, 0.6) is 5.75 Å². The predicted octanol–water partition coefficient (Wildman–Crippen LogP) is 6.52. The van der Waals surface area contributed by atoms with Crippen LogP contribution in [0.25, 0.3) is 22.9 Å². The van der Waals surface area contributed by atoms with E-state index in [9.17, 15) is 18.3 Å². The fraction of sp³-hybridized carbons (Fsp3) is 0.333. The van der Waals surface area contributed by atoms with Gasteiger partial charge in [0.05, 0.1) is 12.7 Å². The van der Waals surface area contributed by atoms with Gasteiger partial charge < -0.3 is 14.3 Å². The van der Waals surface area contributed by atoms with Crippen molar-refractivity contribution in [2.24, 2.45) is 0 Å². The first-order valence-electron chi connectivity index (χ1n) is 12.8. The number of hydrogen-bond donors (Lipinski definition) is 1. The lowest BCUT2D eigenvalue weighted by Crippen LogP contribution is -2.51. The van der Waals surface area contributed by atoms with Gasteiger partial charge in [-0.15, -0.1) is 10.2 Å². The number of methoxy groups -OCH3 is 1. The molecule has 4 aromatic rings. The zero-order chi connectivity index (χ0) is 27.8. The number of alkyl halides is 3. The zero-order valence-corrected chi connectivity index (χ0v) is 22.0. The van der Waals surface area contributed by atoms with E-state index in [4.69, 9.17) is 9.15 Å². The van der Waals surface area contributed by atoms with Gasteiger partial charge in [-0.05, 0) is 80.1 Å². The van der Waals surface area contributed by atoms with Crippen molar-refractivity contribution < 1.29 is 27.4 Å². The Morgan fingerprint density at radius 3 is 2.26 bits per heavy atom. The molecule has 1 atom stereocenters. The van der Waals surface area contributed by atoms with Gasteiger partial charge in [-0.3, -0.25) is 4.90 Å². The molecule has 204 valence electrons. The second-order valence-corrected chi connectivity index (χ2v) is 10.3. The Morgan fingerprint density at radius 1 is 0.949 bits per heavy atom. The summed E-state index contributed by atoms with van der Waals surface area (Å²) in [6.45, 7) is 4.25. The molecular formula is C30H30F3N3O3. The number of nitrogens with zero attached hydrogens (tertiary/aromatic N) is 3. The van der Waals surface area contributed by atoms with Crippen molar-refractivity contribution in [2.75, 3.05) is 7.11 Å². The van der Waals surface area contributed by atoms with Crippen LogP contribution in [0.1, 0.15) is 42.5 Å². The summed E-state index contributed by atoms with van der Waals surface area (Å²) in [5.41, 5.74) is 2.39. The third kappa shape index (κ3) is 5.84. The maximum Gasteiger partial charge on any atom is 0.419 e. The topological polar surface area (TPSA) is 71.6 Å². The van der Waals surface area contributed by atoms with Crippen LogP contribution in [0.2, 0.25) is 0 Å². The Hall–Kier alpha value is -3.69. The van der Waals surface area contributed by atoms with E-state index in [-0.39, 0.29) is 29.1 Å². The van der Waals surface area contributed by atoms with E-state index >= 15 is 0 Å². The van der Waals surface area contributed by atoms with E-state index in [2.05, 4.69) is 27.2 Å². The van der Waals surface area contributed by atoms with Gasteiger partial charge in [0.1, 0.15) is 11.5 Å². The molecule has 0 aliphatic heterocycles. The lowest BCUT2D eigenvalue weighted by molar-refractivity contribution is -0.138. The number of benzene rings is 3. The largest absolute Gasteiger partial charge is 0.496 e. The van der Waals surface area contributed by atoms with E-state index < -0.39 is 17.5 Å². The molecule has 0 spiro atoms. The van der Waals surface area contributed by atoms with Crippen molar-refractivity contribution in [2.45, 2.75) is 57.6 Å². The number of hydrogen-bond acceptors (Lipinski definition) is 6. The molecule has 1 aliphatic carbocycles. The summed E-state index contributed by atoms with van der Waals surface area (Å²) in [6, 6.07) is 19.8. The molecule has 1 aliphatic rings. The molecule has 0 radical (unpaired) electrons. The molecule has 0 amide bonds. The van der Waals surface area contributed by atoms with E-state index in [1.54, 1.807) is 0 Å². The molecule has 9 heteroatoms. The standard InChI is InChI=1S/C30H30F3N3O3/c1-29(2,37)36(18-19-7-5-4-6-8-19)24-13-11-20-9-10-21(15-23(20)16-24)27-34-35-28(39-27)22-12-14-26(38-3)25(17-22)30(31,32)33/h4-10,12,14-15,17,24,37H,11,13,16,18H2,1-3H3/t24-/m0/s1. The summed E-state index contributed by atoms with van der Waals surface area (Å²) >= 11 is 0. The minimum absolute atomic E-state index is 0.00943. The minimum atomic E-state index is -4.59. The first-order chi connectivity index (χ1) is 18.5. The maximum atomic E-state index is 13.5. The quantitative estimate of drug-likeness (QED) is 0.271. The van der Waals surface area contributed by atoms with E-state index in [1.165, 1.54) is 24.8 Å². The average molecular weight is 538 g/mol. The fourth-order valence-corrected chi connectivity index (χ4v) is 5.21. The first kappa shape index (κ1) is 26.9. The second-order valence-electron chi connectivity index (χ2n) is 10.3. The highest BCUT2D eigenvalue weighted by Gasteiger charge is 2.35. The van der Waals surface area contributed by atoms with Crippen molar-refractivity contribution in [3.63, 3.8) is 0 Å². The maximum absolute atomic E-state index is 13.5. The van der Waals surface area contributed by atoms with Crippen LogP contribution in [0.15, 0.2) is 71.1 Å². The van der Waals surface area contributed by atoms with Gasteiger partial charge in [-0.2, -0.15) is 13.2 Å². The number of halogens is 3.